The average Bonchev–Trinajstić information content (AvgIpc) is 2.16. The Bertz CT molecular complexity index is 182. The summed E-state index contributed by atoms with van der Waals surface area (Å²) in [5, 5.41) is 13.5. The summed E-state index contributed by atoms with van der Waals surface area (Å²) in [7, 11) is 1.31. The molecule has 0 aromatic heterocycles. The van der Waals surface area contributed by atoms with Gasteiger partial charge in [0.1, 0.15) is 5.84 Å². The van der Waals surface area contributed by atoms with E-state index in [0.717, 1.165) is 12.8 Å². The van der Waals surface area contributed by atoms with Crippen molar-refractivity contribution in [3.8, 4) is 0 Å². The molecule has 0 saturated heterocycles. The molecule has 0 radical (unpaired) electrons. The van der Waals surface area contributed by atoms with Gasteiger partial charge in [-0.05, 0) is 12.8 Å². The number of nitrogens with one attached hydrogen (secondary N) is 1. The highest BCUT2D eigenvalue weighted by Gasteiger charge is 1.97. The van der Waals surface area contributed by atoms with Crippen molar-refractivity contribution in [1.29, 1.82) is 0 Å². The Balaban J connectivity index is 3.22. The number of carbonyl (C=O) groups is 1. The number of carbonyl (C=O) groups excluding carboxylic acids is 1. The molecule has 0 atom stereocenters. The highest BCUT2D eigenvalue weighted by Crippen LogP contribution is 1.93. The van der Waals surface area contributed by atoms with E-state index in [1.807, 2.05) is 0 Å². The topological polar surface area (TPSA) is 96.9 Å². The van der Waals surface area contributed by atoms with Crippen LogP contribution < -0.4 is 11.1 Å². The molecule has 4 N–H and O–H groups in total. The molecule has 0 aromatic rings. The minimum atomic E-state index is -0.441. The zero-order valence-corrected chi connectivity index (χ0v) is 7.62. The molecule has 13 heavy (non-hydrogen) atoms. The zero-order chi connectivity index (χ0) is 10.1. The van der Waals surface area contributed by atoms with Gasteiger partial charge in [-0.3, -0.25) is 0 Å². The monoisotopic (exact) mass is 189 g/mol. The largest absolute Gasteiger partial charge is 0.453 e. The van der Waals surface area contributed by atoms with Gasteiger partial charge in [0.2, 0.25) is 0 Å². The predicted molar refractivity (Wildman–Crippen MR) is 47.7 cm³/mol. The number of ether oxygens (including phenoxy) is 1. The number of alkyl carbamates (subject to hydrolysis) is 1. The van der Waals surface area contributed by atoms with E-state index >= 15 is 0 Å². The molecule has 6 nitrogen and oxygen atoms in total. The van der Waals surface area contributed by atoms with Crippen LogP contribution in [-0.4, -0.2) is 30.8 Å². The summed E-state index contributed by atoms with van der Waals surface area (Å²) in [5.74, 6) is 0.207. The smallest absolute Gasteiger partial charge is 0.406 e. The number of hydrogen-bond donors (Lipinski definition) is 3. The van der Waals surface area contributed by atoms with Gasteiger partial charge in [-0.25, -0.2) is 4.79 Å². The lowest BCUT2D eigenvalue weighted by Crippen LogP contribution is -2.24. The Morgan fingerprint density at radius 3 is 2.85 bits per heavy atom. The van der Waals surface area contributed by atoms with Gasteiger partial charge >= 0.3 is 6.09 Å². The van der Waals surface area contributed by atoms with Crippen LogP contribution in [0.15, 0.2) is 5.16 Å². The first-order valence-electron chi connectivity index (χ1n) is 3.99. The highest BCUT2D eigenvalue weighted by molar-refractivity contribution is 5.79. The molecule has 1 amide bonds. The maximum atomic E-state index is 10.5. The van der Waals surface area contributed by atoms with Crippen LogP contribution >= 0.6 is 0 Å². The van der Waals surface area contributed by atoms with Crippen molar-refractivity contribution in [2.24, 2.45) is 10.9 Å². The van der Waals surface area contributed by atoms with Gasteiger partial charge in [0.05, 0.1) is 7.11 Å². The Kier molecular flexibility index (Phi) is 6.39. The summed E-state index contributed by atoms with van der Waals surface area (Å²) in [5.41, 5.74) is 5.23. The summed E-state index contributed by atoms with van der Waals surface area (Å²) in [6, 6.07) is 0. The lowest BCUT2D eigenvalue weighted by Gasteiger charge is -2.02. The van der Waals surface area contributed by atoms with E-state index in [1.165, 1.54) is 7.11 Å². The van der Waals surface area contributed by atoms with Crippen molar-refractivity contribution in [1.82, 2.24) is 5.32 Å². The molecule has 0 bridgehead atoms. The Labute approximate surface area is 76.7 Å². The minimum absolute atomic E-state index is 0.207. The lowest BCUT2D eigenvalue weighted by molar-refractivity contribution is 0.171. The molecule has 0 fully saturated rings. The molecule has 6 heteroatoms. The second-order valence-corrected chi connectivity index (χ2v) is 2.47. The number of methoxy groups -OCH3 is 1. The van der Waals surface area contributed by atoms with Crippen LogP contribution in [0, 0.1) is 0 Å². The summed E-state index contributed by atoms with van der Waals surface area (Å²) >= 11 is 0. The molecule has 0 rings (SSSR count). The fourth-order valence-corrected chi connectivity index (χ4v) is 0.744. The number of hydrogen-bond acceptors (Lipinski definition) is 4. The zero-order valence-electron chi connectivity index (χ0n) is 7.62. The van der Waals surface area contributed by atoms with Crippen molar-refractivity contribution in [2.45, 2.75) is 19.3 Å². The number of unbranched alkanes of at least 4 members (excludes halogenated alkanes) is 1. The molecule has 0 aliphatic heterocycles. The van der Waals surface area contributed by atoms with E-state index in [0.29, 0.717) is 13.0 Å². The molecule has 0 heterocycles. The van der Waals surface area contributed by atoms with Gasteiger partial charge in [-0.2, -0.15) is 0 Å². The summed E-state index contributed by atoms with van der Waals surface area (Å²) < 4.78 is 4.36. The normalized spacial score (nSPS) is 11.0. The molecular formula is C7H15N3O3. The second kappa shape index (κ2) is 7.20. The third kappa shape index (κ3) is 6.92. The standard InChI is InChI=1S/C7H15N3O3/c1-13-7(11)9-5-3-2-4-6(8)10-12/h12H,2-5H2,1H3,(H2,8,10)(H,9,11). The molecular weight excluding hydrogens is 174 g/mol. The van der Waals surface area contributed by atoms with E-state index in [2.05, 4.69) is 15.2 Å². The van der Waals surface area contributed by atoms with Crippen LogP contribution in [-0.2, 0) is 4.74 Å². The first-order valence-corrected chi connectivity index (χ1v) is 3.99. The maximum absolute atomic E-state index is 10.5. The van der Waals surface area contributed by atoms with Gasteiger partial charge < -0.3 is 21.0 Å². The molecule has 0 unspecified atom stereocenters. The van der Waals surface area contributed by atoms with Gasteiger partial charge in [0, 0.05) is 13.0 Å². The average molecular weight is 189 g/mol. The maximum Gasteiger partial charge on any atom is 0.406 e. The van der Waals surface area contributed by atoms with E-state index in [4.69, 9.17) is 10.9 Å². The Morgan fingerprint density at radius 1 is 1.62 bits per heavy atom. The minimum Gasteiger partial charge on any atom is -0.453 e. The molecule has 0 spiro atoms. The third-order valence-corrected chi connectivity index (χ3v) is 1.44. The summed E-state index contributed by atoms with van der Waals surface area (Å²) in [4.78, 5) is 10.5. The Hall–Kier alpha value is -1.46. The fourth-order valence-electron chi connectivity index (χ4n) is 0.744. The highest BCUT2D eigenvalue weighted by atomic mass is 16.5. The van der Waals surface area contributed by atoms with Gasteiger partial charge in [-0.1, -0.05) is 5.16 Å². The van der Waals surface area contributed by atoms with Gasteiger partial charge in [0.25, 0.3) is 0 Å². The van der Waals surface area contributed by atoms with Crippen molar-refractivity contribution < 1.29 is 14.7 Å². The SMILES string of the molecule is COC(=O)NCCCCC(N)=NO. The number of oxime groups is 1. The Morgan fingerprint density at radius 2 is 2.31 bits per heavy atom. The van der Waals surface area contributed by atoms with Crippen LogP contribution in [0.4, 0.5) is 4.79 Å². The summed E-state index contributed by atoms with van der Waals surface area (Å²) in [6.45, 7) is 0.533. The van der Waals surface area contributed by atoms with Crippen LogP contribution in [0.1, 0.15) is 19.3 Å². The van der Waals surface area contributed by atoms with Crippen molar-refractivity contribution in [2.75, 3.05) is 13.7 Å². The van der Waals surface area contributed by atoms with Gasteiger partial charge in [0.15, 0.2) is 0 Å². The van der Waals surface area contributed by atoms with Crippen LogP contribution in [0.5, 0.6) is 0 Å². The molecule has 0 saturated carbocycles. The molecule has 0 aliphatic carbocycles. The van der Waals surface area contributed by atoms with Crippen LogP contribution in [0.25, 0.3) is 0 Å². The lowest BCUT2D eigenvalue weighted by atomic mass is 10.2. The quantitative estimate of drug-likeness (QED) is 0.190. The first kappa shape index (κ1) is 11.5. The fraction of sp³-hybridized carbons (Fsp3) is 0.714. The number of rotatable bonds is 5. The molecule has 76 valence electrons. The second-order valence-electron chi connectivity index (χ2n) is 2.47. The number of nitrogens with two attached hydrogens (primary N) is 1. The van der Waals surface area contributed by atoms with E-state index in [9.17, 15) is 4.79 Å². The van der Waals surface area contributed by atoms with E-state index < -0.39 is 6.09 Å². The van der Waals surface area contributed by atoms with Crippen LogP contribution in [0.3, 0.4) is 0 Å². The third-order valence-electron chi connectivity index (χ3n) is 1.44. The number of amidine groups is 1. The number of amides is 1. The van der Waals surface area contributed by atoms with Crippen LogP contribution in [0.2, 0.25) is 0 Å². The van der Waals surface area contributed by atoms with E-state index in [1.54, 1.807) is 0 Å². The first-order chi connectivity index (χ1) is 6.20. The summed E-state index contributed by atoms with van der Waals surface area (Å²) in [6.07, 6.45) is 1.62. The molecule has 0 aromatic carbocycles. The number of nitrogens with zero attached hydrogens (tertiary/aromatic N) is 1. The van der Waals surface area contributed by atoms with Gasteiger partial charge in [-0.15, -0.1) is 0 Å². The van der Waals surface area contributed by atoms with E-state index in [-0.39, 0.29) is 5.84 Å². The van der Waals surface area contributed by atoms with Crippen molar-refractivity contribution >= 4 is 11.9 Å². The predicted octanol–water partition coefficient (Wildman–Crippen LogP) is 0.259. The van der Waals surface area contributed by atoms with Crippen molar-refractivity contribution in [3.63, 3.8) is 0 Å². The molecule has 0 aliphatic rings. The van der Waals surface area contributed by atoms with Crippen molar-refractivity contribution in [3.05, 3.63) is 0 Å².